The van der Waals surface area contributed by atoms with Crippen molar-refractivity contribution in [3.63, 3.8) is 0 Å². The number of aromatic hydroxyl groups is 1. The van der Waals surface area contributed by atoms with Gasteiger partial charge in [-0.25, -0.2) is 4.79 Å². The topological polar surface area (TPSA) is 92.2 Å². The molecule has 0 aliphatic heterocycles. The normalized spacial score (nSPS) is 10.4. The van der Waals surface area contributed by atoms with Crippen molar-refractivity contribution in [3.05, 3.63) is 53.6 Å². The first-order chi connectivity index (χ1) is 12.5. The van der Waals surface area contributed by atoms with Gasteiger partial charge in [-0.3, -0.25) is 5.43 Å². The van der Waals surface area contributed by atoms with Gasteiger partial charge in [0.15, 0.2) is 16.6 Å². The summed E-state index contributed by atoms with van der Waals surface area (Å²) in [5, 5.41) is 16.9. The number of carbonyl (C=O) groups excluding carboxylic acids is 1. The fourth-order valence-electron chi connectivity index (χ4n) is 2.05. The summed E-state index contributed by atoms with van der Waals surface area (Å²) in [6, 6.07) is 11.6. The van der Waals surface area contributed by atoms with Crippen LogP contribution in [0.15, 0.2) is 47.6 Å². The summed E-state index contributed by atoms with van der Waals surface area (Å²) in [4.78, 5) is 11.5. The van der Waals surface area contributed by atoms with Crippen LogP contribution in [0.2, 0.25) is 0 Å². The lowest BCUT2D eigenvalue weighted by Crippen LogP contribution is -2.24. The van der Waals surface area contributed by atoms with E-state index in [0.29, 0.717) is 23.6 Å². The summed E-state index contributed by atoms with van der Waals surface area (Å²) in [6.45, 7) is 2.28. The predicted molar refractivity (Wildman–Crippen MR) is 104 cm³/mol. The van der Waals surface area contributed by atoms with E-state index in [1.165, 1.54) is 13.2 Å². The number of carbonyl (C=O) groups is 1. The van der Waals surface area contributed by atoms with Gasteiger partial charge >= 0.3 is 5.97 Å². The summed E-state index contributed by atoms with van der Waals surface area (Å²) in [5.74, 6) is 0.0272. The van der Waals surface area contributed by atoms with E-state index < -0.39 is 5.97 Å². The van der Waals surface area contributed by atoms with Gasteiger partial charge in [-0.05, 0) is 61.1 Å². The molecule has 0 fully saturated rings. The van der Waals surface area contributed by atoms with E-state index in [1.54, 1.807) is 42.6 Å². The van der Waals surface area contributed by atoms with Crippen LogP contribution < -0.4 is 15.5 Å². The third kappa shape index (κ3) is 5.45. The molecule has 136 valence electrons. The molecule has 2 aromatic carbocycles. The summed E-state index contributed by atoms with van der Waals surface area (Å²) in [6.07, 6.45) is 1.54. The monoisotopic (exact) mass is 373 g/mol. The van der Waals surface area contributed by atoms with Crippen LogP contribution in [0.1, 0.15) is 22.8 Å². The molecule has 2 rings (SSSR count). The number of hydrazone groups is 1. The van der Waals surface area contributed by atoms with E-state index in [9.17, 15) is 9.90 Å². The molecule has 0 unspecified atom stereocenters. The Kier molecular flexibility index (Phi) is 6.92. The van der Waals surface area contributed by atoms with Gasteiger partial charge in [0.25, 0.3) is 0 Å². The Hall–Kier alpha value is -3.13. The van der Waals surface area contributed by atoms with Gasteiger partial charge in [-0.1, -0.05) is 6.07 Å². The minimum Gasteiger partial charge on any atom is -0.504 e. The molecule has 26 heavy (non-hydrogen) atoms. The van der Waals surface area contributed by atoms with Gasteiger partial charge in [0.2, 0.25) is 0 Å². The third-order valence-electron chi connectivity index (χ3n) is 3.20. The number of ether oxygens (including phenoxy) is 2. The van der Waals surface area contributed by atoms with Crippen LogP contribution in [0.25, 0.3) is 0 Å². The smallest absolute Gasteiger partial charge is 0.337 e. The Morgan fingerprint density at radius 1 is 1.31 bits per heavy atom. The van der Waals surface area contributed by atoms with Crippen molar-refractivity contribution >= 4 is 35.2 Å². The minimum atomic E-state index is -0.428. The number of anilines is 1. The van der Waals surface area contributed by atoms with Gasteiger partial charge in [0.05, 0.1) is 25.5 Å². The minimum absolute atomic E-state index is 0.0691. The average Bonchev–Trinajstić information content (AvgIpc) is 2.64. The largest absolute Gasteiger partial charge is 0.504 e. The molecular formula is C18H19N3O4S. The number of phenolic OH excluding ortho intramolecular Hbond substituents is 1. The van der Waals surface area contributed by atoms with Crippen LogP contribution in [-0.2, 0) is 4.74 Å². The number of hydrogen-bond acceptors (Lipinski definition) is 6. The molecule has 0 aromatic heterocycles. The first-order valence-corrected chi connectivity index (χ1v) is 8.18. The molecule has 8 heteroatoms. The van der Waals surface area contributed by atoms with E-state index in [0.717, 1.165) is 5.56 Å². The number of methoxy groups -OCH3 is 1. The standard InChI is InChI=1S/C18H19N3O4S/c1-3-25-16-9-12(7-8-15(16)22)11-19-21-18(26)20-14-6-4-5-13(10-14)17(23)24-2/h4-11,22H,3H2,1-2H3,(H2,20,21,26)/b19-11+. The van der Waals surface area contributed by atoms with E-state index >= 15 is 0 Å². The molecule has 0 saturated heterocycles. The Labute approximate surface area is 156 Å². The van der Waals surface area contributed by atoms with E-state index in [-0.39, 0.29) is 10.9 Å². The SMILES string of the molecule is CCOc1cc(/C=N/NC(=S)Nc2cccc(C(=O)OC)c2)ccc1O. The highest BCUT2D eigenvalue weighted by Gasteiger charge is 2.06. The number of nitrogens with zero attached hydrogens (tertiary/aromatic N) is 1. The number of phenols is 1. The highest BCUT2D eigenvalue weighted by atomic mass is 32.1. The van der Waals surface area contributed by atoms with Crippen molar-refractivity contribution in [2.45, 2.75) is 6.92 Å². The Balaban J connectivity index is 1.95. The van der Waals surface area contributed by atoms with Crippen molar-refractivity contribution < 1.29 is 19.4 Å². The zero-order chi connectivity index (χ0) is 18.9. The van der Waals surface area contributed by atoms with Crippen molar-refractivity contribution in [1.82, 2.24) is 5.43 Å². The molecule has 0 heterocycles. The number of hydrogen-bond donors (Lipinski definition) is 3. The molecule has 0 radical (unpaired) electrons. The predicted octanol–water partition coefficient (Wildman–Crippen LogP) is 2.90. The number of rotatable bonds is 6. The fraction of sp³-hybridized carbons (Fsp3) is 0.167. The quantitative estimate of drug-likeness (QED) is 0.310. The van der Waals surface area contributed by atoms with Gasteiger partial charge in [0, 0.05) is 5.69 Å². The first kappa shape index (κ1) is 19.2. The summed E-state index contributed by atoms with van der Waals surface area (Å²) >= 11 is 5.16. The highest BCUT2D eigenvalue weighted by molar-refractivity contribution is 7.80. The second kappa shape index (κ2) is 9.38. The number of thiocarbonyl (C=S) groups is 1. The Morgan fingerprint density at radius 2 is 2.12 bits per heavy atom. The number of benzene rings is 2. The maximum Gasteiger partial charge on any atom is 0.337 e. The molecular weight excluding hydrogens is 354 g/mol. The molecule has 0 atom stereocenters. The molecule has 0 aliphatic carbocycles. The molecule has 3 N–H and O–H groups in total. The molecule has 7 nitrogen and oxygen atoms in total. The van der Waals surface area contributed by atoms with Crippen LogP contribution in [0, 0.1) is 0 Å². The number of nitrogens with one attached hydrogen (secondary N) is 2. The maximum absolute atomic E-state index is 11.5. The van der Waals surface area contributed by atoms with Crippen molar-refractivity contribution in [1.29, 1.82) is 0 Å². The fourth-order valence-corrected chi connectivity index (χ4v) is 2.22. The van der Waals surface area contributed by atoms with Gasteiger partial charge in [0.1, 0.15) is 0 Å². The highest BCUT2D eigenvalue weighted by Crippen LogP contribution is 2.26. The zero-order valence-corrected chi connectivity index (χ0v) is 15.2. The van der Waals surface area contributed by atoms with Crippen molar-refractivity contribution in [2.75, 3.05) is 19.0 Å². The van der Waals surface area contributed by atoms with Crippen molar-refractivity contribution in [2.24, 2.45) is 5.10 Å². The maximum atomic E-state index is 11.5. The molecule has 2 aromatic rings. The first-order valence-electron chi connectivity index (χ1n) is 7.77. The van der Waals surface area contributed by atoms with Crippen molar-refractivity contribution in [3.8, 4) is 11.5 Å². The van der Waals surface area contributed by atoms with Crippen LogP contribution in [-0.4, -0.2) is 36.1 Å². The van der Waals surface area contributed by atoms with Crippen LogP contribution >= 0.6 is 12.2 Å². The third-order valence-corrected chi connectivity index (χ3v) is 3.40. The van der Waals surface area contributed by atoms with Gasteiger partial charge in [-0.2, -0.15) is 5.10 Å². The molecule has 0 spiro atoms. The average molecular weight is 373 g/mol. The lowest BCUT2D eigenvalue weighted by Gasteiger charge is -2.08. The lowest BCUT2D eigenvalue weighted by molar-refractivity contribution is 0.0601. The van der Waals surface area contributed by atoms with Gasteiger partial charge in [-0.15, -0.1) is 0 Å². The second-order valence-electron chi connectivity index (χ2n) is 5.06. The van der Waals surface area contributed by atoms with E-state index in [2.05, 4.69) is 20.6 Å². The zero-order valence-electron chi connectivity index (χ0n) is 14.4. The number of esters is 1. The van der Waals surface area contributed by atoms with Crippen LogP contribution in [0.3, 0.4) is 0 Å². The van der Waals surface area contributed by atoms with Crippen LogP contribution in [0.4, 0.5) is 5.69 Å². The second-order valence-corrected chi connectivity index (χ2v) is 5.46. The summed E-state index contributed by atoms with van der Waals surface area (Å²) in [5.41, 5.74) is 4.45. The Bertz CT molecular complexity index is 824. The molecule has 0 amide bonds. The van der Waals surface area contributed by atoms with Gasteiger partial charge < -0.3 is 19.9 Å². The summed E-state index contributed by atoms with van der Waals surface area (Å²) < 4.78 is 9.99. The van der Waals surface area contributed by atoms with Crippen LogP contribution in [0.5, 0.6) is 11.5 Å². The molecule has 0 saturated carbocycles. The lowest BCUT2D eigenvalue weighted by atomic mass is 10.2. The molecule has 0 bridgehead atoms. The summed E-state index contributed by atoms with van der Waals surface area (Å²) in [7, 11) is 1.32. The van der Waals surface area contributed by atoms with E-state index in [1.807, 2.05) is 6.92 Å². The van der Waals surface area contributed by atoms with E-state index in [4.69, 9.17) is 17.0 Å². The molecule has 0 aliphatic rings. The Morgan fingerprint density at radius 3 is 2.85 bits per heavy atom.